The zero-order chi connectivity index (χ0) is 14.4. The van der Waals surface area contributed by atoms with E-state index < -0.39 is 0 Å². The second-order valence-electron chi connectivity index (χ2n) is 4.58. The summed E-state index contributed by atoms with van der Waals surface area (Å²) in [6, 6.07) is 4.03. The van der Waals surface area contributed by atoms with Crippen LogP contribution in [0.15, 0.2) is 24.5 Å². The summed E-state index contributed by atoms with van der Waals surface area (Å²) in [6.07, 6.45) is 4.24. The molecule has 0 bridgehead atoms. The van der Waals surface area contributed by atoms with E-state index in [1.165, 1.54) is 17.6 Å². The monoisotopic (exact) mass is 293 g/mol. The van der Waals surface area contributed by atoms with Crippen LogP contribution in [0, 0.1) is 6.92 Å². The van der Waals surface area contributed by atoms with E-state index in [0.717, 1.165) is 24.5 Å². The molecule has 2 aromatic heterocycles. The number of esters is 1. The van der Waals surface area contributed by atoms with Gasteiger partial charge in [-0.15, -0.1) is 11.3 Å². The molecule has 0 aliphatic heterocycles. The largest absolute Gasteiger partial charge is 0.469 e. The Balaban J connectivity index is 1.70. The predicted octanol–water partition coefficient (Wildman–Crippen LogP) is 1.76. The van der Waals surface area contributed by atoms with E-state index in [4.69, 9.17) is 0 Å². The molecule has 2 rings (SSSR count). The predicted molar refractivity (Wildman–Crippen MR) is 78.7 cm³/mol. The van der Waals surface area contributed by atoms with Gasteiger partial charge < -0.3 is 10.1 Å². The highest BCUT2D eigenvalue weighted by Crippen LogP contribution is 2.17. The van der Waals surface area contributed by atoms with Crippen LogP contribution < -0.4 is 5.32 Å². The summed E-state index contributed by atoms with van der Waals surface area (Å²) in [7, 11) is 1.41. The summed E-state index contributed by atoms with van der Waals surface area (Å²) in [5.41, 5.74) is 1.18. The number of nitrogens with one attached hydrogen (secondary N) is 1. The fourth-order valence-electron chi connectivity index (χ4n) is 1.82. The molecule has 0 aliphatic carbocycles. The second-order valence-corrected chi connectivity index (χ2v) is 5.83. The third-order valence-corrected chi connectivity index (χ3v) is 3.93. The number of aromatic nitrogens is 2. The Morgan fingerprint density at radius 3 is 2.95 bits per heavy atom. The highest BCUT2D eigenvalue weighted by atomic mass is 32.1. The lowest BCUT2D eigenvalue weighted by Gasteiger charge is -2.03. The maximum atomic E-state index is 11.2. The quantitative estimate of drug-likeness (QED) is 0.624. The lowest BCUT2D eigenvalue weighted by Crippen LogP contribution is -2.19. The third kappa shape index (κ3) is 4.47. The van der Waals surface area contributed by atoms with Gasteiger partial charge in [-0.3, -0.25) is 9.48 Å². The van der Waals surface area contributed by atoms with Gasteiger partial charge in [-0.05, 0) is 24.6 Å². The minimum atomic E-state index is -0.194. The van der Waals surface area contributed by atoms with Crippen molar-refractivity contribution in [1.82, 2.24) is 15.1 Å². The van der Waals surface area contributed by atoms with Crippen molar-refractivity contribution >= 4 is 17.3 Å². The molecule has 0 fully saturated rings. The summed E-state index contributed by atoms with van der Waals surface area (Å²) >= 11 is 1.64. The number of carbonyl (C=O) groups is 1. The number of ether oxygens (including phenoxy) is 1. The van der Waals surface area contributed by atoms with Crippen LogP contribution in [0.2, 0.25) is 0 Å². The molecule has 0 atom stereocenters. The Labute approximate surface area is 122 Å². The van der Waals surface area contributed by atoms with E-state index in [-0.39, 0.29) is 5.97 Å². The van der Waals surface area contributed by atoms with Crippen molar-refractivity contribution in [1.29, 1.82) is 0 Å². The topological polar surface area (TPSA) is 56.1 Å². The highest BCUT2D eigenvalue weighted by Gasteiger charge is 2.06. The van der Waals surface area contributed by atoms with E-state index in [1.54, 1.807) is 11.3 Å². The first-order chi connectivity index (χ1) is 9.67. The summed E-state index contributed by atoms with van der Waals surface area (Å²) in [6.45, 7) is 4.57. The molecule has 0 spiro atoms. The van der Waals surface area contributed by atoms with E-state index in [2.05, 4.69) is 15.2 Å². The van der Waals surface area contributed by atoms with Crippen LogP contribution >= 0.6 is 11.3 Å². The van der Waals surface area contributed by atoms with Crippen LogP contribution in [0.4, 0.5) is 0 Å². The van der Waals surface area contributed by atoms with E-state index >= 15 is 0 Å². The van der Waals surface area contributed by atoms with Crippen LogP contribution in [0.3, 0.4) is 0 Å². The normalized spacial score (nSPS) is 10.7. The van der Waals surface area contributed by atoms with Gasteiger partial charge in [-0.2, -0.15) is 5.10 Å². The number of hydrogen-bond acceptors (Lipinski definition) is 5. The molecule has 1 N–H and O–H groups in total. The van der Waals surface area contributed by atoms with Gasteiger partial charge in [0.15, 0.2) is 0 Å². The van der Waals surface area contributed by atoms with E-state index in [0.29, 0.717) is 6.42 Å². The zero-order valence-corrected chi connectivity index (χ0v) is 12.6. The molecule has 0 aliphatic rings. The molecule has 0 amide bonds. The van der Waals surface area contributed by atoms with E-state index in [1.807, 2.05) is 36.1 Å². The molecular formula is C14H19N3O2S. The molecule has 0 aromatic carbocycles. The van der Waals surface area contributed by atoms with Gasteiger partial charge >= 0.3 is 5.97 Å². The van der Waals surface area contributed by atoms with Gasteiger partial charge in [-0.25, -0.2) is 0 Å². The molecule has 5 nitrogen and oxygen atoms in total. The Bertz CT molecular complexity index is 562. The molecule has 6 heteroatoms. The first-order valence-corrected chi connectivity index (χ1v) is 7.33. The van der Waals surface area contributed by atoms with Crippen molar-refractivity contribution in [2.75, 3.05) is 13.7 Å². The smallest absolute Gasteiger partial charge is 0.310 e. The van der Waals surface area contributed by atoms with Crippen molar-refractivity contribution in [3.8, 4) is 0 Å². The van der Waals surface area contributed by atoms with Crippen LogP contribution in [0.5, 0.6) is 0 Å². The number of nitrogens with zero attached hydrogens (tertiary/aromatic N) is 2. The zero-order valence-electron chi connectivity index (χ0n) is 11.8. The Morgan fingerprint density at radius 1 is 1.45 bits per heavy atom. The van der Waals surface area contributed by atoms with Crippen LogP contribution in [0.1, 0.15) is 15.3 Å². The molecular weight excluding hydrogens is 274 g/mol. The van der Waals surface area contributed by atoms with Gasteiger partial charge in [0.05, 0.1) is 26.3 Å². The summed E-state index contributed by atoms with van der Waals surface area (Å²) in [5, 5.41) is 7.61. The first kappa shape index (κ1) is 14.7. The fraction of sp³-hybridized carbons (Fsp3) is 0.429. The Hall–Kier alpha value is -1.66. The van der Waals surface area contributed by atoms with Gasteiger partial charge in [-0.1, -0.05) is 0 Å². The number of aryl methyl sites for hydroxylation is 1. The molecule has 2 heterocycles. The number of rotatable bonds is 7. The third-order valence-electron chi connectivity index (χ3n) is 2.84. The van der Waals surface area contributed by atoms with Gasteiger partial charge in [0.25, 0.3) is 0 Å². The maximum Gasteiger partial charge on any atom is 0.310 e. The van der Waals surface area contributed by atoms with Crippen molar-refractivity contribution in [2.45, 2.75) is 26.4 Å². The fourth-order valence-corrected chi connectivity index (χ4v) is 2.79. The maximum absolute atomic E-state index is 11.2. The summed E-state index contributed by atoms with van der Waals surface area (Å²) < 4.78 is 6.59. The Kier molecular flexibility index (Phi) is 5.31. The summed E-state index contributed by atoms with van der Waals surface area (Å²) in [5.74, 6) is -0.194. The molecule has 108 valence electrons. The first-order valence-electron chi connectivity index (χ1n) is 6.51. The van der Waals surface area contributed by atoms with Crippen LogP contribution in [0.25, 0.3) is 0 Å². The molecule has 0 unspecified atom stereocenters. The van der Waals surface area contributed by atoms with Gasteiger partial charge in [0.1, 0.15) is 0 Å². The average Bonchev–Trinajstić information content (AvgIpc) is 3.04. The lowest BCUT2D eigenvalue weighted by atomic mass is 10.3. The molecule has 0 saturated heterocycles. The van der Waals surface area contributed by atoms with Crippen LogP contribution in [-0.4, -0.2) is 29.4 Å². The second kappa shape index (κ2) is 7.21. The average molecular weight is 293 g/mol. The highest BCUT2D eigenvalue weighted by molar-refractivity contribution is 7.12. The van der Waals surface area contributed by atoms with Crippen molar-refractivity contribution in [3.63, 3.8) is 0 Å². The van der Waals surface area contributed by atoms with Gasteiger partial charge in [0.2, 0.25) is 0 Å². The summed E-state index contributed by atoms with van der Waals surface area (Å²) in [4.78, 5) is 13.4. The standard InChI is InChI=1S/C14H19N3O2S/c1-11-8-16-17(10-11)6-5-15-9-13-4-3-12(20-13)7-14(18)19-2/h3-4,8,10,15H,5-7,9H2,1-2H3. The van der Waals surface area contributed by atoms with E-state index in [9.17, 15) is 4.79 Å². The number of hydrogen-bond donors (Lipinski definition) is 1. The van der Waals surface area contributed by atoms with Crippen molar-refractivity contribution in [3.05, 3.63) is 39.8 Å². The molecule has 20 heavy (non-hydrogen) atoms. The minimum Gasteiger partial charge on any atom is -0.469 e. The van der Waals surface area contributed by atoms with Gasteiger partial charge in [0, 0.05) is 29.0 Å². The number of thiophene rings is 1. The van der Waals surface area contributed by atoms with Crippen LogP contribution in [-0.2, 0) is 29.0 Å². The minimum absolute atomic E-state index is 0.194. The number of methoxy groups -OCH3 is 1. The Morgan fingerprint density at radius 2 is 2.25 bits per heavy atom. The lowest BCUT2D eigenvalue weighted by molar-refractivity contribution is -0.139. The van der Waals surface area contributed by atoms with Crippen molar-refractivity contribution < 1.29 is 9.53 Å². The molecule has 0 radical (unpaired) electrons. The molecule has 2 aromatic rings. The molecule has 0 saturated carbocycles. The van der Waals surface area contributed by atoms with Crippen molar-refractivity contribution in [2.24, 2.45) is 0 Å². The SMILES string of the molecule is COC(=O)Cc1ccc(CNCCn2cc(C)cn2)s1. The number of carbonyl (C=O) groups excluding carboxylic acids is 1.